The lowest BCUT2D eigenvalue weighted by atomic mass is 9.93. The number of thiol groups is 1. The smallest absolute Gasteiger partial charge is 0.0653 e. The molecule has 1 unspecified atom stereocenters. The maximum Gasteiger partial charge on any atom is 0.0653 e. The van der Waals surface area contributed by atoms with Crippen LogP contribution in [-0.2, 0) is 0 Å². The average molecular weight is 252 g/mol. The molecule has 2 rings (SSSR count). The second kappa shape index (κ2) is 4.86. The first-order valence-corrected chi connectivity index (χ1v) is 6.61. The number of rotatable bonds is 2. The van der Waals surface area contributed by atoms with E-state index in [-0.39, 0.29) is 5.25 Å². The molecule has 0 amide bonds. The van der Waals surface area contributed by atoms with E-state index in [1.807, 2.05) is 26.1 Å². The fourth-order valence-electron chi connectivity index (χ4n) is 2.08. The number of hydrogen-bond acceptors (Lipinski definition) is 4. The molecule has 1 aromatic rings. The van der Waals surface area contributed by atoms with Gasteiger partial charge >= 0.3 is 0 Å². The van der Waals surface area contributed by atoms with Crippen molar-refractivity contribution < 1.29 is 5.11 Å². The van der Waals surface area contributed by atoms with E-state index >= 15 is 0 Å². The summed E-state index contributed by atoms with van der Waals surface area (Å²) in [7, 11) is 0. The molecule has 17 heavy (non-hydrogen) atoms. The summed E-state index contributed by atoms with van der Waals surface area (Å²) >= 11 is 4.36. The van der Waals surface area contributed by atoms with Crippen molar-refractivity contribution in [3.63, 3.8) is 0 Å². The van der Waals surface area contributed by atoms with Crippen molar-refractivity contribution in [2.75, 3.05) is 18.0 Å². The molecule has 1 atom stereocenters. The molecule has 1 aliphatic heterocycles. The van der Waals surface area contributed by atoms with Crippen LogP contribution in [0.2, 0.25) is 0 Å². The zero-order valence-corrected chi connectivity index (χ0v) is 11.3. The number of hydrogen-bond donors (Lipinski definition) is 2. The van der Waals surface area contributed by atoms with Crippen LogP contribution in [0.3, 0.4) is 0 Å². The van der Waals surface area contributed by atoms with Gasteiger partial charge in [0.1, 0.15) is 0 Å². The minimum absolute atomic E-state index is 0.172. The summed E-state index contributed by atoms with van der Waals surface area (Å²) in [6, 6.07) is 4.12. The van der Waals surface area contributed by atoms with Gasteiger partial charge in [-0.3, -0.25) is 4.98 Å². The normalized spacial score (nSPS) is 21.3. The molecule has 0 radical (unpaired) electrons. The third-order valence-corrected chi connectivity index (χ3v) is 3.67. The van der Waals surface area contributed by atoms with Crippen molar-refractivity contribution in [1.82, 2.24) is 4.98 Å². The van der Waals surface area contributed by atoms with Crippen molar-refractivity contribution in [3.8, 4) is 0 Å². The molecule has 2 heterocycles. The van der Waals surface area contributed by atoms with E-state index in [0.29, 0.717) is 0 Å². The maximum absolute atomic E-state index is 9.90. The lowest BCUT2D eigenvalue weighted by Gasteiger charge is -2.37. The van der Waals surface area contributed by atoms with Gasteiger partial charge in [0.05, 0.1) is 23.2 Å². The van der Waals surface area contributed by atoms with Crippen LogP contribution in [0.25, 0.3) is 0 Å². The highest BCUT2D eigenvalue weighted by Gasteiger charge is 2.27. The van der Waals surface area contributed by atoms with Gasteiger partial charge in [0.25, 0.3) is 0 Å². The van der Waals surface area contributed by atoms with Crippen LogP contribution in [0.15, 0.2) is 18.3 Å². The summed E-state index contributed by atoms with van der Waals surface area (Å²) in [4.78, 5) is 6.68. The summed E-state index contributed by atoms with van der Waals surface area (Å²) in [5.74, 6) is 0. The molecule has 1 saturated heterocycles. The van der Waals surface area contributed by atoms with Gasteiger partial charge in [-0.15, -0.1) is 0 Å². The van der Waals surface area contributed by atoms with Crippen LogP contribution in [0.5, 0.6) is 0 Å². The van der Waals surface area contributed by atoms with Crippen molar-refractivity contribution >= 4 is 18.3 Å². The van der Waals surface area contributed by atoms with Crippen molar-refractivity contribution in [3.05, 3.63) is 24.0 Å². The molecular formula is C13H20N2OS. The number of aromatic nitrogens is 1. The standard InChI is InChI=1S/C13H20N2OS/c1-10(17)12-4-3-11(9-14-12)15-7-5-13(2,16)6-8-15/h3-4,9-10,16-17H,5-8H2,1-2H3. The molecular weight excluding hydrogens is 232 g/mol. The molecule has 0 bridgehead atoms. The third kappa shape index (κ3) is 3.13. The van der Waals surface area contributed by atoms with Crippen LogP contribution in [-0.4, -0.2) is 28.8 Å². The Hall–Kier alpha value is -0.740. The molecule has 1 fully saturated rings. The molecule has 0 aromatic carbocycles. The number of nitrogens with zero attached hydrogens (tertiary/aromatic N) is 2. The Morgan fingerprint density at radius 2 is 2.06 bits per heavy atom. The second-order valence-electron chi connectivity index (χ2n) is 5.10. The highest BCUT2D eigenvalue weighted by Crippen LogP contribution is 2.26. The Kier molecular flexibility index (Phi) is 3.64. The van der Waals surface area contributed by atoms with Crippen LogP contribution >= 0.6 is 12.6 Å². The van der Waals surface area contributed by atoms with E-state index in [4.69, 9.17) is 0 Å². The van der Waals surface area contributed by atoms with E-state index in [1.54, 1.807) is 0 Å². The molecule has 1 N–H and O–H groups in total. The molecule has 94 valence electrons. The van der Waals surface area contributed by atoms with E-state index < -0.39 is 5.60 Å². The third-order valence-electron chi connectivity index (χ3n) is 3.40. The van der Waals surface area contributed by atoms with E-state index in [1.165, 1.54) is 0 Å². The van der Waals surface area contributed by atoms with Gasteiger partial charge in [0.2, 0.25) is 0 Å². The zero-order chi connectivity index (χ0) is 12.5. The number of piperidine rings is 1. The Balaban J connectivity index is 2.04. The van der Waals surface area contributed by atoms with E-state index in [2.05, 4.69) is 28.6 Å². The maximum atomic E-state index is 9.90. The van der Waals surface area contributed by atoms with Gasteiger partial charge in [-0.05, 0) is 38.8 Å². The minimum atomic E-state index is -0.497. The largest absolute Gasteiger partial charge is 0.390 e. The fraction of sp³-hybridized carbons (Fsp3) is 0.615. The highest BCUT2D eigenvalue weighted by atomic mass is 32.1. The molecule has 0 aliphatic carbocycles. The monoisotopic (exact) mass is 252 g/mol. The highest BCUT2D eigenvalue weighted by molar-refractivity contribution is 7.80. The summed E-state index contributed by atoms with van der Waals surface area (Å²) in [5, 5.41) is 10.1. The summed E-state index contributed by atoms with van der Waals surface area (Å²) in [6.45, 7) is 5.71. The summed E-state index contributed by atoms with van der Waals surface area (Å²) in [6.07, 6.45) is 3.54. The van der Waals surface area contributed by atoms with Crippen molar-refractivity contribution in [1.29, 1.82) is 0 Å². The van der Waals surface area contributed by atoms with Gasteiger partial charge in [-0.2, -0.15) is 12.6 Å². The molecule has 4 heteroatoms. The van der Waals surface area contributed by atoms with Gasteiger partial charge < -0.3 is 10.0 Å². The Morgan fingerprint density at radius 1 is 1.41 bits per heavy atom. The molecule has 1 aliphatic rings. The first-order valence-electron chi connectivity index (χ1n) is 6.09. The zero-order valence-electron chi connectivity index (χ0n) is 10.4. The fourth-order valence-corrected chi connectivity index (χ4v) is 2.23. The molecule has 0 spiro atoms. The number of anilines is 1. The minimum Gasteiger partial charge on any atom is -0.390 e. The first kappa shape index (κ1) is 12.7. The molecule has 3 nitrogen and oxygen atoms in total. The Morgan fingerprint density at radius 3 is 2.53 bits per heavy atom. The SMILES string of the molecule is CC(S)c1ccc(N2CCC(C)(O)CC2)cn1. The topological polar surface area (TPSA) is 36.4 Å². The lowest BCUT2D eigenvalue weighted by molar-refractivity contribution is 0.0351. The predicted octanol–water partition coefficient (Wildman–Crippen LogP) is 2.42. The van der Waals surface area contributed by atoms with Crippen LogP contribution < -0.4 is 4.90 Å². The predicted molar refractivity (Wildman–Crippen MR) is 73.7 cm³/mol. The summed E-state index contributed by atoms with van der Waals surface area (Å²) in [5.41, 5.74) is 1.64. The molecule has 0 saturated carbocycles. The van der Waals surface area contributed by atoms with Crippen molar-refractivity contribution in [2.24, 2.45) is 0 Å². The lowest BCUT2D eigenvalue weighted by Crippen LogP contribution is -2.42. The average Bonchev–Trinajstić information content (AvgIpc) is 2.29. The van der Waals surface area contributed by atoms with Gasteiger partial charge in [-0.1, -0.05) is 0 Å². The van der Waals surface area contributed by atoms with Gasteiger partial charge in [0, 0.05) is 18.3 Å². The van der Waals surface area contributed by atoms with E-state index in [9.17, 15) is 5.11 Å². The van der Waals surface area contributed by atoms with Crippen molar-refractivity contribution in [2.45, 2.75) is 37.5 Å². The first-order chi connectivity index (χ1) is 7.98. The Labute approximate surface area is 108 Å². The number of pyridine rings is 1. The van der Waals surface area contributed by atoms with Crippen LogP contribution in [0.4, 0.5) is 5.69 Å². The second-order valence-corrected chi connectivity index (χ2v) is 5.88. The van der Waals surface area contributed by atoms with E-state index in [0.717, 1.165) is 37.3 Å². The van der Waals surface area contributed by atoms with Crippen LogP contribution in [0.1, 0.15) is 37.6 Å². The van der Waals surface area contributed by atoms with Gasteiger partial charge in [-0.25, -0.2) is 0 Å². The molecule has 1 aromatic heterocycles. The number of aliphatic hydroxyl groups is 1. The summed E-state index contributed by atoms with van der Waals surface area (Å²) < 4.78 is 0. The quantitative estimate of drug-likeness (QED) is 0.794. The van der Waals surface area contributed by atoms with Gasteiger partial charge in [0.15, 0.2) is 0 Å². The van der Waals surface area contributed by atoms with Crippen LogP contribution in [0, 0.1) is 0 Å². The Bertz CT molecular complexity index is 366.